The van der Waals surface area contributed by atoms with Crippen LogP contribution in [0.5, 0.6) is 0 Å². The van der Waals surface area contributed by atoms with Gasteiger partial charge in [-0.15, -0.1) is 0 Å². The van der Waals surface area contributed by atoms with Gasteiger partial charge in [-0.2, -0.15) is 0 Å². The first-order valence-corrected chi connectivity index (χ1v) is 8.84. The molecule has 1 aromatic carbocycles. The van der Waals surface area contributed by atoms with E-state index in [-0.39, 0.29) is 5.75 Å². The van der Waals surface area contributed by atoms with Crippen LogP contribution in [-0.2, 0) is 15.8 Å². The molecule has 0 aromatic heterocycles. The highest BCUT2D eigenvalue weighted by atomic mass is 32.2. The number of nitrogens with zero attached hydrogens (tertiary/aromatic N) is 2. The molecule has 0 amide bonds. The molecule has 0 radical (unpaired) electrons. The second kappa shape index (κ2) is 6.39. The fraction of sp³-hybridized carbons (Fsp3) is 0.500. The number of hydrogen-bond acceptors (Lipinski definition) is 4. The second-order valence-corrected chi connectivity index (χ2v) is 7.99. The Balaban J connectivity index is 2.06. The molecule has 1 unspecified atom stereocenters. The molecule has 0 aliphatic carbocycles. The molecule has 1 atom stereocenters. The van der Waals surface area contributed by atoms with Gasteiger partial charge in [0.15, 0.2) is 0 Å². The summed E-state index contributed by atoms with van der Waals surface area (Å²) in [6.07, 6.45) is 0.882. The smallest absolute Gasteiger partial charge is 0.218 e. The molecule has 21 heavy (non-hydrogen) atoms. The van der Waals surface area contributed by atoms with Crippen LogP contribution in [0.2, 0.25) is 0 Å². The maximum atomic E-state index is 12.4. The van der Waals surface area contributed by atoms with Crippen molar-refractivity contribution in [2.24, 2.45) is 5.73 Å². The van der Waals surface area contributed by atoms with Gasteiger partial charge in [-0.25, -0.2) is 12.7 Å². The molecule has 7 heteroatoms. The van der Waals surface area contributed by atoms with E-state index >= 15 is 0 Å². The number of benzene rings is 1. The Kier molecular flexibility index (Phi) is 4.98. The van der Waals surface area contributed by atoms with Crippen molar-refractivity contribution in [3.8, 4) is 0 Å². The van der Waals surface area contributed by atoms with E-state index in [0.29, 0.717) is 24.1 Å². The first kappa shape index (κ1) is 16.4. The van der Waals surface area contributed by atoms with Crippen LogP contribution in [0.4, 0.5) is 0 Å². The van der Waals surface area contributed by atoms with E-state index in [4.69, 9.17) is 18.0 Å². The normalized spacial score (nSPS) is 20.0. The van der Waals surface area contributed by atoms with Gasteiger partial charge < -0.3 is 10.6 Å². The van der Waals surface area contributed by atoms with Crippen LogP contribution in [0.1, 0.15) is 17.5 Å². The average molecular weight is 327 g/mol. The molecule has 116 valence electrons. The molecule has 1 fully saturated rings. The Morgan fingerprint density at radius 2 is 2.00 bits per heavy atom. The number of sulfonamides is 1. The highest BCUT2D eigenvalue weighted by Crippen LogP contribution is 2.20. The Morgan fingerprint density at radius 3 is 2.48 bits per heavy atom. The Morgan fingerprint density at radius 1 is 1.38 bits per heavy atom. The van der Waals surface area contributed by atoms with Crippen molar-refractivity contribution in [2.45, 2.75) is 18.2 Å². The van der Waals surface area contributed by atoms with Gasteiger partial charge in [-0.3, -0.25) is 0 Å². The monoisotopic (exact) mass is 327 g/mol. The van der Waals surface area contributed by atoms with Crippen LogP contribution in [0.3, 0.4) is 0 Å². The molecule has 1 aliphatic heterocycles. The van der Waals surface area contributed by atoms with E-state index in [1.54, 1.807) is 28.6 Å². The summed E-state index contributed by atoms with van der Waals surface area (Å²) >= 11 is 4.89. The standard InChI is InChI=1S/C14H21N3O2S2/c1-16(2)13-7-8-17(9-13)21(18,19)10-11-3-5-12(6-4-11)14(15)20/h3-6,13H,7-10H2,1-2H3,(H2,15,20). The molecular weight excluding hydrogens is 306 g/mol. The van der Waals surface area contributed by atoms with Gasteiger partial charge in [0.2, 0.25) is 10.0 Å². The summed E-state index contributed by atoms with van der Waals surface area (Å²) in [7, 11) is 0.693. The molecule has 2 rings (SSSR count). The second-order valence-electron chi connectivity index (χ2n) is 5.58. The van der Waals surface area contributed by atoms with Gasteiger partial charge in [0.05, 0.1) is 5.75 Å². The van der Waals surface area contributed by atoms with Crippen LogP contribution in [0.25, 0.3) is 0 Å². The van der Waals surface area contributed by atoms with E-state index in [0.717, 1.165) is 17.5 Å². The zero-order valence-corrected chi connectivity index (χ0v) is 14.0. The molecule has 1 aromatic rings. The first-order valence-electron chi connectivity index (χ1n) is 6.82. The largest absolute Gasteiger partial charge is 0.389 e. The summed E-state index contributed by atoms with van der Waals surface area (Å²) in [6, 6.07) is 7.37. The number of rotatable bonds is 5. The van der Waals surface area contributed by atoms with E-state index in [1.165, 1.54) is 0 Å². The summed E-state index contributed by atoms with van der Waals surface area (Å²) in [6.45, 7) is 1.16. The lowest BCUT2D eigenvalue weighted by Gasteiger charge is -2.20. The van der Waals surface area contributed by atoms with Crippen molar-refractivity contribution < 1.29 is 8.42 Å². The summed E-state index contributed by atoms with van der Waals surface area (Å²) in [5, 5.41) is 0. The number of likely N-dealkylation sites (N-methyl/N-ethyl adjacent to an activating group) is 1. The third-order valence-electron chi connectivity index (χ3n) is 3.84. The zero-order chi connectivity index (χ0) is 15.6. The number of hydrogen-bond donors (Lipinski definition) is 1. The van der Waals surface area contributed by atoms with E-state index in [2.05, 4.69) is 4.90 Å². The Bertz CT molecular complexity index is 612. The molecule has 1 saturated heterocycles. The fourth-order valence-corrected chi connectivity index (χ4v) is 4.17. The molecular formula is C14H21N3O2S2. The van der Waals surface area contributed by atoms with Crippen LogP contribution in [0.15, 0.2) is 24.3 Å². The van der Waals surface area contributed by atoms with Crippen molar-refractivity contribution >= 4 is 27.2 Å². The van der Waals surface area contributed by atoms with Gasteiger partial charge in [0.25, 0.3) is 0 Å². The lowest BCUT2D eigenvalue weighted by atomic mass is 10.1. The Hall–Kier alpha value is -1.02. The van der Waals surface area contributed by atoms with E-state index in [1.807, 2.05) is 14.1 Å². The predicted molar refractivity (Wildman–Crippen MR) is 88.6 cm³/mol. The van der Waals surface area contributed by atoms with Crippen molar-refractivity contribution in [3.05, 3.63) is 35.4 Å². The van der Waals surface area contributed by atoms with Crippen molar-refractivity contribution in [1.82, 2.24) is 9.21 Å². The average Bonchev–Trinajstić information content (AvgIpc) is 2.89. The number of nitrogens with two attached hydrogens (primary N) is 1. The van der Waals surface area contributed by atoms with Gasteiger partial charge in [0, 0.05) is 24.7 Å². The van der Waals surface area contributed by atoms with E-state index in [9.17, 15) is 8.42 Å². The third-order valence-corrected chi connectivity index (χ3v) is 5.89. The SMILES string of the molecule is CN(C)C1CCN(S(=O)(=O)Cc2ccc(C(N)=S)cc2)C1. The van der Waals surface area contributed by atoms with Crippen molar-refractivity contribution in [1.29, 1.82) is 0 Å². The first-order chi connectivity index (χ1) is 9.79. The molecule has 2 N–H and O–H groups in total. The Labute approximate surface area is 131 Å². The van der Waals surface area contributed by atoms with Gasteiger partial charge >= 0.3 is 0 Å². The van der Waals surface area contributed by atoms with Gasteiger partial charge in [-0.05, 0) is 26.1 Å². The maximum Gasteiger partial charge on any atom is 0.218 e. The lowest BCUT2D eigenvalue weighted by molar-refractivity contribution is 0.302. The predicted octanol–water partition coefficient (Wildman–Crippen LogP) is 0.787. The van der Waals surface area contributed by atoms with Crippen LogP contribution in [0, 0.1) is 0 Å². The summed E-state index contributed by atoms with van der Waals surface area (Å²) < 4.78 is 26.5. The molecule has 5 nitrogen and oxygen atoms in total. The van der Waals surface area contributed by atoms with E-state index < -0.39 is 10.0 Å². The molecule has 1 aliphatic rings. The number of thiocarbonyl (C=S) groups is 1. The third kappa shape index (κ3) is 4.00. The molecule has 0 saturated carbocycles. The summed E-state index contributed by atoms with van der Waals surface area (Å²) in [5.74, 6) is 0.0186. The van der Waals surface area contributed by atoms with Crippen LogP contribution in [-0.4, -0.2) is 55.8 Å². The summed E-state index contributed by atoms with van der Waals surface area (Å²) in [4.78, 5) is 2.39. The van der Waals surface area contributed by atoms with Crippen molar-refractivity contribution in [3.63, 3.8) is 0 Å². The molecule has 1 heterocycles. The highest BCUT2D eigenvalue weighted by molar-refractivity contribution is 7.88. The van der Waals surface area contributed by atoms with Crippen LogP contribution < -0.4 is 5.73 Å². The lowest BCUT2D eigenvalue weighted by Crippen LogP contribution is -2.35. The zero-order valence-electron chi connectivity index (χ0n) is 12.3. The minimum atomic E-state index is -3.27. The minimum Gasteiger partial charge on any atom is -0.389 e. The quantitative estimate of drug-likeness (QED) is 0.810. The summed E-state index contributed by atoms with van der Waals surface area (Å²) in [5.41, 5.74) is 7.04. The maximum absolute atomic E-state index is 12.4. The molecule has 0 spiro atoms. The van der Waals surface area contributed by atoms with Gasteiger partial charge in [-0.1, -0.05) is 36.5 Å². The van der Waals surface area contributed by atoms with Crippen molar-refractivity contribution in [2.75, 3.05) is 27.2 Å². The minimum absolute atomic E-state index is 0.0186. The topological polar surface area (TPSA) is 66.6 Å². The highest BCUT2D eigenvalue weighted by Gasteiger charge is 2.32. The molecule has 0 bridgehead atoms. The fourth-order valence-electron chi connectivity index (χ4n) is 2.45. The van der Waals surface area contributed by atoms with Crippen LogP contribution >= 0.6 is 12.2 Å². The van der Waals surface area contributed by atoms with Gasteiger partial charge in [0.1, 0.15) is 4.99 Å².